The fourth-order valence-corrected chi connectivity index (χ4v) is 3.16. The van der Waals surface area contributed by atoms with Crippen LogP contribution in [0.2, 0.25) is 5.02 Å². The Kier molecular flexibility index (Phi) is 4.09. The van der Waals surface area contributed by atoms with Crippen molar-refractivity contribution in [3.63, 3.8) is 0 Å². The summed E-state index contributed by atoms with van der Waals surface area (Å²) in [5.74, 6) is -0.107. The molecule has 1 fully saturated rings. The molecule has 1 aromatic carbocycles. The van der Waals surface area contributed by atoms with Crippen LogP contribution in [-0.2, 0) is 12.8 Å². The van der Waals surface area contributed by atoms with Crippen LogP contribution in [0.15, 0.2) is 24.4 Å². The normalized spacial score (nSPS) is 18.2. The zero-order chi connectivity index (χ0) is 16.7. The number of imidazole rings is 1. The Bertz CT molecular complexity index is 782. The summed E-state index contributed by atoms with van der Waals surface area (Å²) < 4.78 is 14.2. The van der Waals surface area contributed by atoms with Gasteiger partial charge in [-0.3, -0.25) is 0 Å². The van der Waals surface area contributed by atoms with E-state index in [1.54, 1.807) is 12.1 Å². The molecular weight excluding hydrogens is 340 g/mol. The highest BCUT2D eigenvalue weighted by atomic mass is 35.5. The number of halogens is 3. The third-order valence-electron chi connectivity index (χ3n) is 4.24. The molecule has 23 heavy (non-hydrogen) atoms. The first-order valence-corrected chi connectivity index (χ1v) is 7.91. The molecule has 1 unspecified atom stereocenters. The molecule has 1 atom stereocenters. The number of aliphatic hydroxyl groups is 1. The van der Waals surface area contributed by atoms with Gasteiger partial charge in [0.05, 0.1) is 15.5 Å². The van der Waals surface area contributed by atoms with Gasteiger partial charge in [-0.15, -0.1) is 11.6 Å². The molecule has 1 aromatic heterocycles. The molecular formula is C16H14Cl2FN3O. The molecule has 0 bridgehead atoms. The lowest BCUT2D eigenvalue weighted by Gasteiger charge is -2.32. The number of hydrogen-bond acceptors (Lipinski definition) is 3. The summed E-state index contributed by atoms with van der Waals surface area (Å²) in [6.07, 6.45) is 2.86. The van der Waals surface area contributed by atoms with Gasteiger partial charge in [0.25, 0.3) is 0 Å². The Hall–Kier alpha value is -1.61. The van der Waals surface area contributed by atoms with Crippen LogP contribution >= 0.6 is 23.2 Å². The molecule has 1 heterocycles. The Balaban J connectivity index is 1.91. The molecule has 1 saturated carbocycles. The molecule has 0 aliphatic heterocycles. The Morgan fingerprint density at radius 1 is 1.43 bits per heavy atom. The second kappa shape index (κ2) is 5.79. The van der Waals surface area contributed by atoms with E-state index in [2.05, 4.69) is 9.97 Å². The van der Waals surface area contributed by atoms with E-state index in [1.165, 1.54) is 12.3 Å². The van der Waals surface area contributed by atoms with Crippen molar-refractivity contribution in [2.45, 2.75) is 36.2 Å². The summed E-state index contributed by atoms with van der Waals surface area (Å²) >= 11 is 12.3. The van der Waals surface area contributed by atoms with Crippen molar-refractivity contribution in [1.82, 2.24) is 9.97 Å². The molecule has 2 N–H and O–H groups in total. The maximum atomic E-state index is 14.2. The Morgan fingerprint density at radius 2 is 2.17 bits per heavy atom. The number of nitrogens with zero attached hydrogens (tertiary/aromatic N) is 2. The van der Waals surface area contributed by atoms with Gasteiger partial charge >= 0.3 is 0 Å². The quantitative estimate of drug-likeness (QED) is 0.809. The summed E-state index contributed by atoms with van der Waals surface area (Å²) in [6.45, 7) is 0. The third-order valence-corrected chi connectivity index (χ3v) is 5.26. The van der Waals surface area contributed by atoms with Gasteiger partial charge in [-0.05, 0) is 24.5 Å². The SMILES string of the molecule is N#Cc1c[nH]c(CC(O)(Cc2cccc(Cl)c2F)C2(Cl)CC2)n1. The van der Waals surface area contributed by atoms with Gasteiger partial charge < -0.3 is 10.1 Å². The second-order valence-electron chi connectivity index (χ2n) is 5.91. The molecule has 1 aliphatic carbocycles. The topological polar surface area (TPSA) is 72.7 Å². The highest BCUT2D eigenvalue weighted by molar-refractivity contribution is 6.30. The standard InChI is InChI=1S/C16H14Cl2FN3O/c17-12-3-1-2-10(14(12)19)6-16(23,15(18)4-5-15)7-13-21-9-11(8-20)22-13/h1-3,9,23H,4-7H2,(H,21,22). The van der Waals surface area contributed by atoms with Crippen LogP contribution in [0, 0.1) is 17.1 Å². The van der Waals surface area contributed by atoms with Crippen molar-refractivity contribution in [2.75, 3.05) is 0 Å². The summed E-state index contributed by atoms with van der Waals surface area (Å²) in [7, 11) is 0. The molecule has 120 valence electrons. The Morgan fingerprint density at radius 3 is 2.78 bits per heavy atom. The predicted octanol–water partition coefficient (Wildman–Crippen LogP) is 3.36. The molecule has 0 spiro atoms. The Labute approximate surface area is 142 Å². The van der Waals surface area contributed by atoms with Gasteiger partial charge in [-0.25, -0.2) is 9.37 Å². The minimum atomic E-state index is -1.38. The summed E-state index contributed by atoms with van der Waals surface area (Å²) in [4.78, 5) is 6.12. The van der Waals surface area contributed by atoms with Crippen LogP contribution in [0.5, 0.6) is 0 Å². The number of H-pyrrole nitrogens is 1. The van der Waals surface area contributed by atoms with Crippen molar-refractivity contribution in [3.8, 4) is 6.07 Å². The lowest BCUT2D eigenvalue weighted by molar-refractivity contribution is 0.0258. The summed E-state index contributed by atoms with van der Waals surface area (Å²) in [5, 5.41) is 20.0. The number of alkyl halides is 1. The van der Waals surface area contributed by atoms with E-state index in [4.69, 9.17) is 28.5 Å². The van der Waals surface area contributed by atoms with E-state index < -0.39 is 16.3 Å². The molecule has 2 aromatic rings. The highest BCUT2D eigenvalue weighted by Crippen LogP contribution is 2.53. The van der Waals surface area contributed by atoms with Crippen molar-refractivity contribution in [2.24, 2.45) is 0 Å². The number of hydrogen-bond donors (Lipinski definition) is 2. The zero-order valence-corrected chi connectivity index (χ0v) is 13.6. The fourth-order valence-electron chi connectivity index (χ4n) is 2.74. The maximum absolute atomic E-state index is 14.2. The number of nitrogens with one attached hydrogen (secondary N) is 1. The number of benzene rings is 1. The monoisotopic (exact) mass is 353 g/mol. The van der Waals surface area contributed by atoms with Crippen LogP contribution < -0.4 is 0 Å². The van der Waals surface area contributed by atoms with Crippen molar-refractivity contribution >= 4 is 23.2 Å². The molecule has 4 nitrogen and oxygen atoms in total. The zero-order valence-electron chi connectivity index (χ0n) is 12.1. The maximum Gasteiger partial charge on any atom is 0.158 e. The van der Waals surface area contributed by atoms with Crippen LogP contribution in [0.25, 0.3) is 0 Å². The van der Waals surface area contributed by atoms with Crippen LogP contribution in [0.3, 0.4) is 0 Å². The van der Waals surface area contributed by atoms with Gasteiger partial charge in [0.1, 0.15) is 17.7 Å². The fraction of sp³-hybridized carbons (Fsp3) is 0.375. The first-order valence-electron chi connectivity index (χ1n) is 7.15. The van der Waals surface area contributed by atoms with Gasteiger partial charge in [-0.2, -0.15) is 5.26 Å². The molecule has 1 aliphatic rings. The lowest BCUT2D eigenvalue weighted by atomic mass is 9.85. The molecule has 3 rings (SSSR count). The van der Waals surface area contributed by atoms with Crippen LogP contribution in [-0.4, -0.2) is 25.5 Å². The third kappa shape index (κ3) is 3.07. The number of aromatic amines is 1. The molecule has 0 saturated heterocycles. The lowest BCUT2D eigenvalue weighted by Crippen LogP contribution is -2.45. The summed E-state index contributed by atoms with van der Waals surface area (Å²) in [6, 6.07) is 6.59. The number of nitriles is 1. The van der Waals surface area contributed by atoms with Gasteiger partial charge in [-0.1, -0.05) is 23.7 Å². The van der Waals surface area contributed by atoms with Crippen molar-refractivity contribution in [1.29, 1.82) is 5.26 Å². The molecule has 7 heteroatoms. The number of aromatic nitrogens is 2. The molecule has 0 radical (unpaired) electrons. The van der Waals surface area contributed by atoms with E-state index in [1.807, 2.05) is 6.07 Å². The number of rotatable bonds is 5. The summed E-state index contributed by atoms with van der Waals surface area (Å²) in [5.41, 5.74) is -0.848. The van der Waals surface area contributed by atoms with Gasteiger partial charge in [0.15, 0.2) is 5.69 Å². The largest absolute Gasteiger partial charge is 0.387 e. The van der Waals surface area contributed by atoms with E-state index >= 15 is 0 Å². The van der Waals surface area contributed by atoms with Gasteiger partial charge in [0, 0.05) is 19.0 Å². The van der Waals surface area contributed by atoms with Crippen molar-refractivity contribution < 1.29 is 9.50 Å². The average molecular weight is 354 g/mol. The van der Waals surface area contributed by atoms with Crippen LogP contribution in [0.1, 0.15) is 29.9 Å². The molecule has 0 amide bonds. The van der Waals surface area contributed by atoms with E-state index in [0.717, 1.165) is 0 Å². The van der Waals surface area contributed by atoms with Crippen LogP contribution in [0.4, 0.5) is 4.39 Å². The minimum absolute atomic E-state index is 0.00837. The second-order valence-corrected chi connectivity index (χ2v) is 7.04. The predicted molar refractivity (Wildman–Crippen MR) is 84.9 cm³/mol. The van der Waals surface area contributed by atoms with Gasteiger partial charge in [0.2, 0.25) is 0 Å². The minimum Gasteiger partial charge on any atom is -0.387 e. The van der Waals surface area contributed by atoms with E-state index in [9.17, 15) is 9.50 Å². The first-order chi connectivity index (χ1) is 10.9. The van der Waals surface area contributed by atoms with E-state index in [-0.39, 0.29) is 23.6 Å². The van der Waals surface area contributed by atoms with Crippen molar-refractivity contribution in [3.05, 3.63) is 52.3 Å². The smallest absolute Gasteiger partial charge is 0.158 e. The highest BCUT2D eigenvalue weighted by Gasteiger charge is 2.58. The first kappa shape index (κ1) is 16.3. The van der Waals surface area contributed by atoms with E-state index in [0.29, 0.717) is 24.2 Å². The average Bonchev–Trinajstić information content (AvgIpc) is 3.12.